The van der Waals surface area contributed by atoms with Crippen molar-refractivity contribution in [2.45, 2.75) is 27.2 Å². The van der Waals surface area contributed by atoms with Crippen LogP contribution < -0.4 is 0 Å². The fraction of sp³-hybridized carbons (Fsp3) is 0.417. The highest BCUT2D eigenvalue weighted by molar-refractivity contribution is 6.31. The highest BCUT2D eigenvalue weighted by Gasteiger charge is 2.10. The van der Waals surface area contributed by atoms with Crippen molar-refractivity contribution >= 4 is 17.4 Å². The Bertz CT molecular complexity index is 344. The normalized spacial score (nSPS) is 12.6. The molecule has 0 fully saturated rings. The van der Waals surface area contributed by atoms with Gasteiger partial charge in [0.2, 0.25) is 0 Å². The van der Waals surface area contributed by atoms with Gasteiger partial charge in [-0.25, -0.2) is 0 Å². The summed E-state index contributed by atoms with van der Waals surface area (Å²) < 4.78 is 0. The summed E-state index contributed by atoms with van der Waals surface area (Å²) in [5.41, 5.74) is 2.20. The van der Waals surface area contributed by atoms with Gasteiger partial charge >= 0.3 is 0 Å². The van der Waals surface area contributed by atoms with E-state index in [-0.39, 0.29) is 11.7 Å². The molecule has 0 spiro atoms. The summed E-state index contributed by atoms with van der Waals surface area (Å²) in [5, 5.41) is 0.762. The molecule has 0 N–H and O–H groups in total. The highest BCUT2D eigenvalue weighted by Crippen LogP contribution is 2.20. The van der Waals surface area contributed by atoms with E-state index in [0.717, 1.165) is 22.6 Å². The van der Waals surface area contributed by atoms with E-state index in [1.807, 2.05) is 32.0 Å². The molecule has 1 atom stereocenters. The number of hydrogen-bond acceptors (Lipinski definition) is 1. The lowest BCUT2D eigenvalue weighted by Gasteiger charge is -2.09. The predicted molar refractivity (Wildman–Crippen MR) is 59.7 cm³/mol. The Balaban J connectivity index is 2.82. The van der Waals surface area contributed by atoms with Gasteiger partial charge in [0, 0.05) is 10.9 Å². The van der Waals surface area contributed by atoms with E-state index in [4.69, 9.17) is 11.6 Å². The first-order valence-corrected chi connectivity index (χ1v) is 5.14. The maximum Gasteiger partial charge on any atom is 0.132 e. The average molecular weight is 211 g/mol. The van der Waals surface area contributed by atoms with E-state index < -0.39 is 0 Å². The standard InChI is InChI=1S/C12H15ClO/c1-8-4-5-11(12(13)6-8)7-9(2)10(3)14/h4-6,9H,7H2,1-3H3. The summed E-state index contributed by atoms with van der Waals surface area (Å²) in [7, 11) is 0. The smallest absolute Gasteiger partial charge is 0.132 e. The van der Waals surface area contributed by atoms with Gasteiger partial charge in [-0.3, -0.25) is 4.79 Å². The third kappa shape index (κ3) is 2.85. The number of carbonyl (C=O) groups is 1. The van der Waals surface area contributed by atoms with Crippen molar-refractivity contribution in [1.29, 1.82) is 0 Å². The molecule has 0 amide bonds. The van der Waals surface area contributed by atoms with Crippen molar-refractivity contribution in [3.05, 3.63) is 34.3 Å². The van der Waals surface area contributed by atoms with E-state index in [2.05, 4.69) is 0 Å². The number of rotatable bonds is 3. The maximum absolute atomic E-state index is 11.1. The van der Waals surface area contributed by atoms with Gasteiger partial charge in [-0.05, 0) is 37.5 Å². The van der Waals surface area contributed by atoms with Crippen LogP contribution in [0.2, 0.25) is 5.02 Å². The minimum Gasteiger partial charge on any atom is -0.300 e. The zero-order valence-electron chi connectivity index (χ0n) is 8.80. The molecule has 0 aromatic heterocycles. The number of aryl methyl sites for hydroxylation is 1. The van der Waals surface area contributed by atoms with Crippen LogP contribution >= 0.6 is 11.6 Å². The van der Waals surface area contributed by atoms with Gasteiger partial charge in [0.05, 0.1) is 0 Å². The quantitative estimate of drug-likeness (QED) is 0.747. The third-order valence-electron chi connectivity index (χ3n) is 2.43. The van der Waals surface area contributed by atoms with Gasteiger partial charge in [-0.1, -0.05) is 30.7 Å². The topological polar surface area (TPSA) is 17.1 Å². The van der Waals surface area contributed by atoms with Crippen molar-refractivity contribution < 1.29 is 4.79 Å². The number of ketones is 1. The summed E-state index contributed by atoms with van der Waals surface area (Å²) >= 11 is 6.07. The highest BCUT2D eigenvalue weighted by atomic mass is 35.5. The number of Topliss-reactive ketones (excluding diaryl/α,β-unsaturated/α-hetero) is 1. The number of hydrogen-bond donors (Lipinski definition) is 0. The van der Waals surface area contributed by atoms with E-state index in [9.17, 15) is 4.79 Å². The summed E-state index contributed by atoms with van der Waals surface area (Å²) in [5.74, 6) is 0.261. The van der Waals surface area contributed by atoms with Crippen LogP contribution in [-0.2, 0) is 11.2 Å². The van der Waals surface area contributed by atoms with E-state index >= 15 is 0 Å². The second-order valence-corrected chi connectivity index (χ2v) is 4.22. The van der Waals surface area contributed by atoms with Gasteiger partial charge in [-0.15, -0.1) is 0 Å². The molecule has 0 bridgehead atoms. The summed E-state index contributed by atoms with van der Waals surface area (Å²) in [6, 6.07) is 5.95. The molecule has 0 radical (unpaired) electrons. The van der Waals surface area contributed by atoms with Crippen LogP contribution in [0.5, 0.6) is 0 Å². The minimum atomic E-state index is 0.0511. The lowest BCUT2D eigenvalue weighted by atomic mass is 9.97. The van der Waals surface area contributed by atoms with Crippen LogP contribution in [0.1, 0.15) is 25.0 Å². The Morgan fingerprint density at radius 3 is 2.64 bits per heavy atom. The molecule has 76 valence electrons. The fourth-order valence-corrected chi connectivity index (χ4v) is 1.60. The Morgan fingerprint density at radius 1 is 1.50 bits per heavy atom. The molecule has 1 aromatic rings. The van der Waals surface area contributed by atoms with E-state index in [1.165, 1.54) is 0 Å². The molecule has 1 aromatic carbocycles. The van der Waals surface area contributed by atoms with Crippen molar-refractivity contribution in [2.24, 2.45) is 5.92 Å². The van der Waals surface area contributed by atoms with Crippen LogP contribution in [-0.4, -0.2) is 5.78 Å². The van der Waals surface area contributed by atoms with Crippen molar-refractivity contribution in [2.75, 3.05) is 0 Å². The van der Waals surface area contributed by atoms with E-state index in [1.54, 1.807) is 6.92 Å². The lowest BCUT2D eigenvalue weighted by molar-refractivity contribution is -0.120. The first-order valence-electron chi connectivity index (χ1n) is 4.76. The zero-order chi connectivity index (χ0) is 10.7. The Labute approximate surface area is 90.1 Å². The van der Waals surface area contributed by atoms with Crippen LogP contribution in [0.3, 0.4) is 0 Å². The molecule has 1 nitrogen and oxygen atoms in total. The molecular formula is C12H15ClO. The second kappa shape index (κ2) is 4.61. The maximum atomic E-state index is 11.1. The third-order valence-corrected chi connectivity index (χ3v) is 2.78. The lowest BCUT2D eigenvalue weighted by Crippen LogP contribution is -2.09. The van der Waals surface area contributed by atoms with Gasteiger partial charge < -0.3 is 0 Å². The number of carbonyl (C=O) groups excluding carboxylic acids is 1. The molecule has 0 aliphatic carbocycles. The van der Waals surface area contributed by atoms with Crippen molar-refractivity contribution in [1.82, 2.24) is 0 Å². The molecule has 0 heterocycles. The van der Waals surface area contributed by atoms with Gasteiger partial charge in [0.1, 0.15) is 5.78 Å². The first-order chi connectivity index (χ1) is 6.50. The largest absolute Gasteiger partial charge is 0.300 e. The fourth-order valence-electron chi connectivity index (χ4n) is 1.29. The molecule has 0 saturated heterocycles. The molecule has 14 heavy (non-hydrogen) atoms. The Morgan fingerprint density at radius 2 is 2.14 bits per heavy atom. The van der Waals surface area contributed by atoms with Crippen molar-refractivity contribution in [3.8, 4) is 0 Å². The molecule has 0 aliphatic rings. The zero-order valence-corrected chi connectivity index (χ0v) is 9.56. The summed E-state index contributed by atoms with van der Waals surface area (Å²) in [6.07, 6.45) is 0.731. The number of halogens is 1. The van der Waals surface area contributed by atoms with Crippen LogP contribution in [0.15, 0.2) is 18.2 Å². The molecule has 0 saturated carbocycles. The van der Waals surface area contributed by atoms with Crippen molar-refractivity contribution in [3.63, 3.8) is 0 Å². The van der Waals surface area contributed by atoms with Gasteiger partial charge in [0.25, 0.3) is 0 Å². The van der Waals surface area contributed by atoms with Crippen LogP contribution in [0.4, 0.5) is 0 Å². The van der Waals surface area contributed by atoms with Gasteiger partial charge in [-0.2, -0.15) is 0 Å². The first kappa shape index (κ1) is 11.3. The molecule has 0 aliphatic heterocycles. The minimum absolute atomic E-state index is 0.0511. The molecule has 1 unspecified atom stereocenters. The predicted octanol–water partition coefficient (Wildman–Crippen LogP) is 3.42. The Kier molecular flexibility index (Phi) is 3.70. The monoisotopic (exact) mass is 210 g/mol. The summed E-state index contributed by atoms with van der Waals surface area (Å²) in [6.45, 7) is 5.55. The van der Waals surface area contributed by atoms with E-state index in [0.29, 0.717) is 0 Å². The van der Waals surface area contributed by atoms with Gasteiger partial charge in [0.15, 0.2) is 0 Å². The molecule has 1 rings (SSSR count). The molecular weight excluding hydrogens is 196 g/mol. The second-order valence-electron chi connectivity index (χ2n) is 3.81. The molecule has 2 heteroatoms. The average Bonchev–Trinajstić information content (AvgIpc) is 2.09. The number of benzene rings is 1. The SMILES string of the molecule is CC(=O)C(C)Cc1ccc(C)cc1Cl. The Hall–Kier alpha value is -0.820. The summed E-state index contributed by atoms with van der Waals surface area (Å²) in [4.78, 5) is 11.1. The van der Waals surface area contributed by atoms with Crippen LogP contribution in [0, 0.1) is 12.8 Å². The van der Waals surface area contributed by atoms with Crippen LogP contribution in [0.25, 0.3) is 0 Å².